The van der Waals surface area contributed by atoms with Gasteiger partial charge in [0.2, 0.25) is 0 Å². The Hall–Kier alpha value is -3.16. The second-order valence-electron chi connectivity index (χ2n) is 6.90. The van der Waals surface area contributed by atoms with Crippen molar-refractivity contribution in [3.05, 3.63) is 70.9 Å². The Morgan fingerprint density at radius 3 is 2.48 bits per heavy atom. The van der Waals surface area contributed by atoms with Crippen molar-refractivity contribution < 1.29 is 22.4 Å². The summed E-state index contributed by atoms with van der Waals surface area (Å²) in [5, 5.41) is 2.52. The maximum Gasteiger partial charge on any atom is 0.416 e. The molecule has 0 unspecified atom stereocenters. The molecule has 0 aliphatic carbocycles. The van der Waals surface area contributed by atoms with Crippen molar-refractivity contribution in [3.63, 3.8) is 0 Å². The first-order valence-corrected chi connectivity index (χ1v) is 9.04. The summed E-state index contributed by atoms with van der Waals surface area (Å²) in [5.74, 6) is 0.986. The van der Waals surface area contributed by atoms with Gasteiger partial charge >= 0.3 is 6.18 Å². The highest BCUT2D eigenvalue weighted by Crippen LogP contribution is 2.31. The maximum absolute atomic E-state index is 13.1. The second-order valence-corrected chi connectivity index (χ2v) is 6.90. The third kappa shape index (κ3) is 4.82. The Balaban J connectivity index is 1.87. The van der Waals surface area contributed by atoms with Gasteiger partial charge in [-0.15, -0.1) is 0 Å². The number of halogens is 3. The summed E-state index contributed by atoms with van der Waals surface area (Å²) in [6.07, 6.45) is -4.49. The van der Waals surface area contributed by atoms with Gasteiger partial charge in [-0.2, -0.15) is 13.2 Å². The molecule has 3 aromatic rings. The van der Waals surface area contributed by atoms with Crippen molar-refractivity contribution in [1.29, 1.82) is 0 Å². The molecular weight excluding hydrogens is 383 g/mol. The average Bonchev–Trinajstić information content (AvgIpc) is 3.11. The number of amides is 1. The number of hydrogen-bond acceptors (Lipinski definition) is 4. The summed E-state index contributed by atoms with van der Waals surface area (Å²) in [6.45, 7) is 5.28. The van der Waals surface area contributed by atoms with E-state index in [0.717, 1.165) is 6.07 Å². The van der Waals surface area contributed by atoms with E-state index in [2.05, 4.69) is 15.3 Å². The van der Waals surface area contributed by atoms with Gasteiger partial charge in [0, 0.05) is 12.5 Å². The van der Waals surface area contributed by atoms with Crippen molar-refractivity contribution in [2.24, 2.45) is 0 Å². The number of carbonyl (C=O) groups is 1. The van der Waals surface area contributed by atoms with Crippen LogP contribution in [-0.2, 0) is 12.7 Å². The second kappa shape index (κ2) is 8.06. The molecule has 0 aliphatic rings. The molecule has 0 saturated carbocycles. The van der Waals surface area contributed by atoms with Gasteiger partial charge in [0.25, 0.3) is 5.91 Å². The fraction of sp³-hybridized carbons (Fsp3) is 0.286. The van der Waals surface area contributed by atoms with E-state index in [9.17, 15) is 18.0 Å². The SMILES string of the molecule is Cc1ccc(-c2cc(C(=O)NCc3ccccc3C(F)(F)F)nc(C(C)C)n2)o1. The Morgan fingerprint density at radius 2 is 1.86 bits per heavy atom. The van der Waals surface area contributed by atoms with Crippen LogP contribution < -0.4 is 5.32 Å². The molecule has 0 fully saturated rings. The lowest BCUT2D eigenvalue weighted by molar-refractivity contribution is -0.138. The van der Waals surface area contributed by atoms with Crippen LogP contribution in [-0.4, -0.2) is 15.9 Å². The molecule has 0 bridgehead atoms. The number of furan rings is 1. The van der Waals surface area contributed by atoms with Crippen molar-refractivity contribution in [2.75, 3.05) is 0 Å². The van der Waals surface area contributed by atoms with Crippen LogP contribution in [0.5, 0.6) is 0 Å². The van der Waals surface area contributed by atoms with Gasteiger partial charge in [-0.3, -0.25) is 4.79 Å². The van der Waals surface area contributed by atoms with Gasteiger partial charge in [-0.1, -0.05) is 32.0 Å². The van der Waals surface area contributed by atoms with Crippen LogP contribution in [0.1, 0.15) is 53.0 Å². The Kier molecular flexibility index (Phi) is 5.72. The summed E-state index contributed by atoms with van der Waals surface area (Å²) in [4.78, 5) is 21.3. The number of nitrogens with one attached hydrogen (secondary N) is 1. The highest BCUT2D eigenvalue weighted by Gasteiger charge is 2.32. The lowest BCUT2D eigenvalue weighted by Gasteiger charge is -2.14. The van der Waals surface area contributed by atoms with Gasteiger partial charge in [0.15, 0.2) is 5.76 Å². The van der Waals surface area contributed by atoms with Gasteiger partial charge in [0.05, 0.1) is 5.56 Å². The van der Waals surface area contributed by atoms with Crippen LogP contribution in [0.3, 0.4) is 0 Å². The monoisotopic (exact) mass is 403 g/mol. The molecule has 1 amide bonds. The van der Waals surface area contributed by atoms with E-state index in [1.807, 2.05) is 13.8 Å². The van der Waals surface area contributed by atoms with Crippen LogP contribution in [0, 0.1) is 6.92 Å². The first kappa shape index (κ1) is 20.6. The zero-order valence-corrected chi connectivity index (χ0v) is 16.2. The number of hydrogen-bond donors (Lipinski definition) is 1. The molecule has 29 heavy (non-hydrogen) atoms. The number of carbonyl (C=O) groups excluding carboxylic acids is 1. The minimum atomic E-state index is -4.49. The van der Waals surface area contributed by atoms with Crippen molar-refractivity contribution in [2.45, 2.75) is 39.4 Å². The van der Waals surface area contributed by atoms with E-state index in [0.29, 0.717) is 23.0 Å². The predicted molar refractivity (Wildman–Crippen MR) is 101 cm³/mol. The highest BCUT2D eigenvalue weighted by molar-refractivity contribution is 5.93. The quantitative estimate of drug-likeness (QED) is 0.642. The van der Waals surface area contributed by atoms with Crippen LogP contribution in [0.15, 0.2) is 46.9 Å². The predicted octanol–water partition coefficient (Wildman–Crippen LogP) is 5.12. The van der Waals surface area contributed by atoms with E-state index in [-0.39, 0.29) is 23.7 Å². The van der Waals surface area contributed by atoms with Crippen LogP contribution >= 0.6 is 0 Å². The molecule has 0 saturated heterocycles. The lowest BCUT2D eigenvalue weighted by Crippen LogP contribution is -2.26. The molecule has 1 aromatic carbocycles. The van der Waals surface area contributed by atoms with Gasteiger partial charge in [-0.25, -0.2) is 9.97 Å². The molecule has 1 N–H and O–H groups in total. The van der Waals surface area contributed by atoms with E-state index in [1.165, 1.54) is 24.3 Å². The average molecular weight is 403 g/mol. The maximum atomic E-state index is 13.1. The molecule has 2 heterocycles. The van der Waals surface area contributed by atoms with Gasteiger partial charge in [0.1, 0.15) is 23.0 Å². The number of alkyl halides is 3. The Morgan fingerprint density at radius 1 is 1.14 bits per heavy atom. The summed E-state index contributed by atoms with van der Waals surface area (Å²) in [7, 11) is 0. The molecule has 5 nitrogen and oxygen atoms in total. The Bertz CT molecular complexity index is 1030. The van der Waals surface area contributed by atoms with Crippen molar-refractivity contribution in [1.82, 2.24) is 15.3 Å². The van der Waals surface area contributed by atoms with E-state index in [4.69, 9.17) is 4.42 Å². The van der Waals surface area contributed by atoms with E-state index in [1.54, 1.807) is 19.1 Å². The molecule has 0 atom stereocenters. The van der Waals surface area contributed by atoms with Crippen LogP contribution in [0.2, 0.25) is 0 Å². The third-order valence-corrected chi connectivity index (χ3v) is 4.25. The number of nitrogens with zero attached hydrogens (tertiary/aromatic N) is 2. The van der Waals surface area contributed by atoms with Gasteiger partial charge in [-0.05, 0) is 36.8 Å². The minimum absolute atomic E-state index is 0.0200. The molecule has 8 heteroatoms. The van der Waals surface area contributed by atoms with Crippen LogP contribution in [0.4, 0.5) is 13.2 Å². The van der Waals surface area contributed by atoms with Gasteiger partial charge < -0.3 is 9.73 Å². The topological polar surface area (TPSA) is 68.0 Å². The van der Waals surface area contributed by atoms with Crippen LogP contribution in [0.25, 0.3) is 11.5 Å². The number of benzene rings is 1. The third-order valence-electron chi connectivity index (χ3n) is 4.25. The number of aromatic nitrogens is 2. The molecular formula is C21H20F3N3O2. The molecule has 3 rings (SSSR count). The Labute approximate surface area is 166 Å². The normalized spacial score (nSPS) is 11.7. The fourth-order valence-corrected chi connectivity index (χ4v) is 2.76. The highest BCUT2D eigenvalue weighted by atomic mass is 19.4. The minimum Gasteiger partial charge on any atom is -0.460 e. The summed E-state index contributed by atoms with van der Waals surface area (Å²) in [5.41, 5.74) is -0.291. The van der Waals surface area contributed by atoms with Crippen molar-refractivity contribution in [3.8, 4) is 11.5 Å². The standard InChI is InChI=1S/C21H20F3N3O2/c1-12(2)19-26-16(18-9-8-13(3)29-18)10-17(27-19)20(28)25-11-14-6-4-5-7-15(14)21(22,23)24/h4-10,12H,11H2,1-3H3,(H,25,28). The lowest BCUT2D eigenvalue weighted by atomic mass is 10.1. The molecule has 2 aromatic heterocycles. The number of aryl methyl sites for hydroxylation is 1. The molecule has 0 aliphatic heterocycles. The first-order chi connectivity index (χ1) is 13.6. The zero-order chi connectivity index (χ0) is 21.2. The first-order valence-electron chi connectivity index (χ1n) is 9.04. The fourth-order valence-electron chi connectivity index (χ4n) is 2.76. The van der Waals surface area contributed by atoms with E-state index < -0.39 is 17.6 Å². The van der Waals surface area contributed by atoms with E-state index >= 15 is 0 Å². The summed E-state index contributed by atoms with van der Waals surface area (Å²) in [6, 6.07) is 10.1. The smallest absolute Gasteiger partial charge is 0.416 e. The molecule has 152 valence electrons. The molecule has 0 spiro atoms. The summed E-state index contributed by atoms with van der Waals surface area (Å²) < 4.78 is 45.0. The van der Waals surface area contributed by atoms with Crippen molar-refractivity contribution >= 4 is 5.91 Å². The zero-order valence-electron chi connectivity index (χ0n) is 16.2. The largest absolute Gasteiger partial charge is 0.460 e. The number of rotatable bonds is 5. The molecule has 0 radical (unpaired) electrons. The summed E-state index contributed by atoms with van der Waals surface area (Å²) >= 11 is 0.